The number of hydrogen-bond acceptors (Lipinski definition) is 4. The third-order valence-electron chi connectivity index (χ3n) is 5.27. The molecule has 1 aliphatic rings. The fraction of sp³-hybridized carbons (Fsp3) is 0.458. The molecule has 0 aromatic heterocycles. The van der Waals surface area contributed by atoms with Crippen LogP contribution in [0.5, 0.6) is 0 Å². The monoisotopic (exact) mass is 424 g/mol. The quantitative estimate of drug-likeness (QED) is 0.737. The molecule has 0 spiro atoms. The lowest BCUT2D eigenvalue weighted by Gasteiger charge is -2.35. The summed E-state index contributed by atoms with van der Waals surface area (Å²) in [5.41, 5.74) is 0.698. The van der Waals surface area contributed by atoms with Gasteiger partial charge in [0.25, 0.3) is 0 Å². The van der Waals surface area contributed by atoms with Crippen LogP contribution in [0.15, 0.2) is 42.5 Å². The van der Waals surface area contributed by atoms with Crippen molar-refractivity contribution in [2.75, 3.05) is 39.3 Å². The molecule has 1 fully saturated rings. The molecular formula is C24H32N4O3. The third kappa shape index (κ3) is 6.79. The number of benzene rings is 2. The Hall–Kier alpha value is -2.93. The summed E-state index contributed by atoms with van der Waals surface area (Å²) >= 11 is 0. The first-order chi connectivity index (χ1) is 14.7. The lowest BCUT2D eigenvalue weighted by molar-refractivity contribution is -0.134. The van der Waals surface area contributed by atoms with Gasteiger partial charge in [0.15, 0.2) is 0 Å². The van der Waals surface area contributed by atoms with E-state index in [0.29, 0.717) is 32.7 Å². The zero-order valence-corrected chi connectivity index (χ0v) is 18.6. The predicted molar refractivity (Wildman–Crippen MR) is 122 cm³/mol. The van der Waals surface area contributed by atoms with Gasteiger partial charge in [-0.2, -0.15) is 0 Å². The third-order valence-corrected chi connectivity index (χ3v) is 5.27. The Labute approximate surface area is 183 Å². The fourth-order valence-corrected chi connectivity index (χ4v) is 3.78. The molecule has 7 heteroatoms. The Kier molecular flexibility index (Phi) is 7.28. The molecule has 2 aromatic rings. The molecule has 1 heterocycles. The highest BCUT2D eigenvalue weighted by molar-refractivity contribution is 5.91. The average molecular weight is 425 g/mol. The van der Waals surface area contributed by atoms with Crippen molar-refractivity contribution in [3.8, 4) is 0 Å². The Morgan fingerprint density at radius 2 is 1.58 bits per heavy atom. The fourth-order valence-electron chi connectivity index (χ4n) is 3.78. The molecule has 0 bridgehead atoms. The van der Waals surface area contributed by atoms with Crippen LogP contribution in [0, 0.1) is 0 Å². The van der Waals surface area contributed by atoms with Gasteiger partial charge in [0.05, 0.1) is 19.5 Å². The zero-order valence-electron chi connectivity index (χ0n) is 18.6. The van der Waals surface area contributed by atoms with Crippen LogP contribution in [-0.2, 0) is 20.8 Å². The van der Waals surface area contributed by atoms with Crippen LogP contribution in [0.2, 0.25) is 0 Å². The Morgan fingerprint density at radius 1 is 0.903 bits per heavy atom. The second kappa shape index (κ2) is 9.92. The first kappa shape index (κ1) is 22.7. The van der Waals surface area contributed by atoms with Crippen LogP contribution in [-0.4, -0.2) is 72.3 Å². The number of rotatable bonds is 6. The van der Waals surface area contributed by atoms with Crippen molar-refractivity contribution in [1.29, 1.82) is 0 Å². The maximum atomic E-state index is 12.5. The molecule has 1 saturated heterocycles. The number of piperazine rings is 1. The van der Waals surface area contributed by atoms with Gasteiger partial charge in [-0.05, 0) is 37.1 Å². The molecule has 0 atom stereocenters. The van der Waals surface area contributed by atoms with Gasteiger partial charge in [-0.1, -0.05) is 42.5 Å². The second-order valence-corrected chi connectivity index (χ2v) is 9.05. The highest BCUT2D eigenvalue weighted by Gasteiger charge is 2.23. The van der Waals surface area contributed by atoms with E-state index in [1.54, 1.807) is 4.90 Å². The SMILES string of the molecule is CC(C)(C)NC(=O)CN1CCN(C(=O)CNC(=O)Cc2cccc3ccccc23)CC1. The van der Waals surface area contributed by atoms with Crippen LogP contribution in [0.4, 0.5) is 0 Å². The summed E-state index contributed by atoms with van der Waals surface area (Å²) in [7, 11) is 0. The summed E-state index contributed by atoms with van der Waals surface area (Å²) < 4.78 is 0. The van der Waals surface area contributed by atoms with Gasteiger partial charge in [0, 0.05) is 31.7 Å². The minimum atomic E-state index is -0.251. The normalized spacial score (nSPS) is 15.0. The van der Waals surface area contributed by atoms with Crippen LogP contribution in [0.25, 0.3) is 10.8 Å². The van der Waals surface area contributed by atoms with E-state index in [2.05, 4.69) is 10.6 Å². The van der Waals surface area contributed by atoms with Gasteiger partial charge >= 0.3 is 0 Å². The number of nitrogens with zero attached hydrogens (tertiary/aromatic N) is 2. The topological polar surface area (TPSA) is 81.8 Å². The Morgan fingerprint density at radius 3 is 2.29 bits per heavy atom. The molecule has 31 heavy (non-hydrogen) atoms. The minimum Gasteiger partial charge on any atom is -0.350 e. The predicted octanol–water partition coefficient (Wildman–Crippen LogP) is 1.56. The van der Waals surface area contributed by atoms with Crippen molar-refractivity contribution in [2.45, 2.75) is 32.7 Å². The van der Waals surface area contributed by atoms with Crippen molar-refractivity contribution >= 4 is 28.5 Å². The van der Waals surface area contributed by atoms with E-state index in [9.17, 15) is 14.4 Å². The van der Waals surface area contributed by atoms with Gasteiger partial charge in [-0.25, -0.2) is 0 Å². The Balaban J connectivity index is 1.42. The van der Waals surface area contributed by atoms with E-state index in [1.165, 1.54) is 0 Å². The lowest BCUT2D eigenvalue weighted by atomic mass is 10.0. The highest BCUT2D eigenvalue weighted by atomic mass is 16.2. The summed E-state index contributed by atoms with van der Waals surface area (Å²) in [6.07, 6.45) is 0.241. The van der Waals surface area contributed by atoms with Crippen LogP contribution in [0.1, 0.15) is 26.3 Å². The average Bonchev–Trinajstić information content (AvgIpc) is 2.71. The van der Waals surface area contributed by atoms with E-state index in [0.717, 1.165) is 16.3 Å². The largest absolute Gasteiger partial charge is 0.350 e. The van der Waals surface area contributed by atoms with E-state index < -0.39 is 0 Å². The minimum absolute atomic E-state index is 0.00584. The van der Waals surface area contributed by atoms with Crippen molar-refractivity contribution < 1.29 is 14.4 Å². The molecule has 7 nitrogen and oxygen atoms in total. The van der Waals surface area contributed by atoms with Crippen molar-refractivity contribution in [1.82, 2.24) is 20.4 Å². The highest BCUT2D eigenvalue weighted by Crippen LogP contribution is 2.18. The molecule has 3 amide bonds. The zero-order chi connectivity index (χ0) is 22.4. The molecule has 3 rings (SSSR count). The van der Waals surface area contributed by atoms with Gasteiger partial charge in [-0.3, -0.25) is 19.3 Å². The number of fused-ring (bicyclic) bond motifs is 1. The molecule has 0 unspecified atom stereocenters. The molecular weight excluding hydrogens is 392 g/mol. The van der Waals surface area contributed by atoms with E-state index in [-0.39, 0.29) is 36.2 Å². The first-order valence-corrected chi connectivity index (χ1v) is 10.8. The van der Waals surface area contributed by atoms with E-state index >= 15 is 0 Å². The summed E-state index contributed by atoms with van der Waals surface area (Å²) in [5, 5.41) is 7.86. The summed E-state index contributed by atoms with van der Waals surface area (Å²) in [4.78, 5) is 40.8. The molecule has 2 aromatic carbocycles. The van der Waals surface area contributed by atoms with Gasteiger partial charge < -0.3 is 15.5 Å². The van der Waals surface area contributed by atoms with Crippen molar-refractivity contribution in [3.63, 3.8) is 0 Å². The van der Waals surface area contributed by atoms with Crippen molar-refractivity contribution in [3.05, 3.63) is 48.0 Å². The number of carbonyl (C=O) groups excluding carboxylic acids is 3. The van der Waals surface area contributed by atoms with Crippen LogP contribution < -0.4 is 10.6 Å². The Bertz CT molecular complexity index is 938. The second-order valence-electron chi connectivity index (χ2n) is 9.05. The smallest absolute Gasteiger partial charge is 0.242 e. The van der Waals surface area contributed by atoms with Crippen LogP contribution >= 0.6 is 0 Å². The maximum Gasteiger partial charge on any atom is 0.242 e. The summed E-state index contributed by atoms with van der Waals surface area (Å²) in [6, 6.07) is 13.9. The number of nitrogens with one attached hydrogen (secondary N) is 2. The van der Waals surface area contributed by atoms with E-state index in [1.807, 2.05) is 68.1 Å². The summed E-state index contributed by atoms with van der Waals surface area (Å²) in [5.74, 6) is -0.264. The number of carbonyl (C=O) groups is 3. The summed E-state index contributed by atoms with van der Waals surface area (Å²) in [6.45, 7) is 8.60. The number of amides is 3. The van der Waals surface area contributed by atoms with Gasteiger partial charge in [-0.15, -0.1) is 0 Å². The van der Waals surface area contributed by atoms with E-state index in [4.69, 9.17) is 0 Å². The maximum absolute atomic E-state index is 12.5. The first-order valence-electron chi connectivity index (χ1n) is 10.8. The van der Waals surface area contributed by atoms with Gasteiger partial charge in [0.2, 0.25) is 17.7 Å². The molecule has 2 N–H and O–H groups in total. The molecule has 0 aliphatic carbocycles. The standard InChI is InChI=1S/C24H32N4O3/c1-24(2,3)26-22(30)17-27-11-13-28(14-12-27)23(31)16-25-21(29)15-19-9-6-8-18-7-4-5-10-20(18)19/h4-10H,11-17H2,1-3H3,(H,25,29)(H,26,30). The molecule has 0 radical (unpaired) electrons. The van der Waals surface area contributed by atoms with Gasteiger partial charge in [0.1, 0.15) is 0 Å². The number of hydrogen-bond donors (Lipinski definition) is 2. The van der Waals surface area contributed by atoms with Crippen molar-refractivity contribution in [2.24, 2.45) is 0 Å². The molecule has 0 saturated carbocycles. The molecule has 1 aliphatic heterocycles. The molecule has 166 valence electrons. The van der Waals surface area contributed by atoms with Crippen LogP contribution in [0.3, 0.4) is 0 Å². The lowest BCUT2D eigenvalue weighted by Crippen LogP contribution is -2.54.